The SMILES string of the molecule is [2H]C([2H])([2H])C([2H])([2H])OP(=S)(Oc1ccc(SC)cc1)OC([2H])([2H])C([2H])([2H])[2H]. The molecule has 1 aromatic carbocycles. The molecule has 0 fully saturated rings. The van der Waals surface area contributed by atoms with Gasteiger partial charge in [0, 0.05) is 24.9 Å². The van der Waals surface area contributed by atoms with E-state index in [4.69, 9.17) is 39.1 Å². The van der Waals surface area contributed by atoms with E-state index in [0.717, 1.165) is 4.90 Å². The first-order valence-electron chi connectivity index (χ1n) is 9.28. The Balaban J connectivity index is 3.27. The summed E-state index contributed by atoms with van der Waals surface area (Å²) in [6.45, 7) is -17.9. The highest BCUT2D eigenvalue weighted by Crippen LogP contribution is 2.49. The number of hydrogen-bond donors (Lipinski definition) is 0. The van der Waals surface area contributed by atoms with Gasteiger partial charge in [-0.1, -0.05) is 0 Å². The summed E-state index contributed by atoms with van der Waals surface area (Å²) < 4.78 is 88.0. The van der Waals surface area contributed by atoms with Crippen molar-refractivity contribution in [2.45, 2.75) is 18.6 Å². The maximum Gasteiger partial charge on any atom is 0.380 e. The minimum atomic E-state index is -4.54. The van der Waals surface area contributed by atoms with E-state index >= 15 is 0 Å². The highest BCUT2D eigenvalue weighted by atomic mass is 32.5. The largest absolute Gasteiger partial charge is 0.424 e. The Morgan fingerprint density at radius 3 is 2.35 bits per heavy atom. The van der Waals surface area contributed by atoms with Gasteiger partial charge in [-0.2, -0.15) is 0 Å². The van der Waals surface area contributed by atoms with E-state index in [9.17, 15) is 0 Å². The van der Waals surface area contributed by atoms with Crippen molar-refractivity contribution >= 4 is 30.3 Å². The number of rotatable bonds is 7. The average molecular weight is 302 g/mol. The summed E-state index contributed by atoms with van der Waals surface area (Å²) >= 11 is 6.36. The fraction of sp³-hybridized carbons (Fsp3) is 0.455. The van der Waals surface area contributed by atoms with Crippen molar-refractivity contribution in [1.82, 2.24) is 0 Å². The molecule has 1 rings (SSSR count). The van der Waals surface area contributed by atoms with Gasteiger partial charge in [-0.05, 0) is 44.2 Å². The summed E-state index contributed by atoms with van der Waals surface area (Å²) in [5, 5.41) is 0. The number of hydrogen-bond acceptors (Lipinski definition) is 5. The molecule has 17 heavy (non-hydrogen) atoms. The Bertz CT molecular complexity index is 657. The molecule has 0 aliphatic rings. The molecule has 0 atom stereocenters. The van der Waals surface area contributed by atoms with Crippen molar-refractivity contribution in [3.63, 3.8) is 0 Å². The summed E-state index contributed by atoms with van der Waals surface area (Å²) in [5.74, 6) is -0.0289. The van der Waals surface area contributed by atoms with Crippen LogP contribution in [-0.2, 0) is 20.9 Å². The van der Waals surface area contributed by atoms with Crippen molar-refractivity contribution in [3.8, 4) is 5.75 Å². The van der Waals surface area contributed by atoms with E-state index in [0.29, 0.717) is 0 Å². The molecule has 0 heterocycles. The summed E-state index contributed by atoms with van der Waals surface area (Å²) in [6.07, 6.45) is 1.82. The zero-order valence-corrected chi connectivity index (χ0v) is 11.3. The molecule has 1 aromatic rings. The molecule has 0 spiro atoms. The van der Waals surface area contributed by atoms with Gasteiger partial charge in [-0.15, -0.1) is 11.8 Å². The Morgan fingerprint density at radius 1 is 1.29 bits per heavy atom. The lowest BCUT2D eigenvalue weighted by Gasteiger charge is -2.21. The molecule has 96 valence electrons. The smallest absolute Gasteiger partial charge is 0.380 e. The fourth-order valence-electron chi connectivity index (χ4n) is 0.933. The van der Waals surface area contributed by atoms with Crippen molar-refractivity contribution in [2.75, 3.05) is 19.4 Å². The Labute approximate surface area is 126 Å². The topological polar surface area (TPSA) is 27.7 Å². The van der Waals surface area contributed by atoms with Crippen LogP contribution in [0.5, 0.6) is 5.75 Å². The zero-order chi connectivity index (χ0) is 21.3. The van der Waals surface area contributed by atoms with E-state index in [2.05, 4.69) is 0 Å². The van der Waals surface area contributed by atoms with Crippen LogP contribution in [0.4, 0.5) is 0 Å². The van der Waals surface area contributed by atoms with Crippen LogP contribution in [0.25, 0.3) is 0 Å². The lowest BCUT2D eigenvalue weighted by molar-refractivity contribution is 0.218. The average Bonchev–Trinajstić information content (AvgIpc) is 2.43. The molecule has 0 amide bonds. The lowest BCUT2D eigenvalue weighted by atomic mass is 10.3. The summed E-state index contributed by atoms with van der Waals surface area (Å²) in [6, 6.07) is 6.01. The van der Waals surface area contributed by atoms with Crippen LogP contribution in [0.15, 0.2) is 29.2 Å². The normalized spacial score (nSPS) is 23.4. The van der Waals surface area contributed by atoms with Gasteiger partial charge in [0.2, 0.25) is 0 Å². The van der Waals surface area contributed by atoms with Crippen LogP contribution in [0.3, 0.4) is 0 Å². The molecule has 0 aliphatic carbocycles. The van der Waals surface area contributed by atoms with Crippen LogP contribution in [-0.4, -0.2) is 19.4 Å². The van der Waals surface area contributed by atoms with E-state index in [1.807, 2.05) is 6.26 Å². The molecule has 0 bridgehead atoms. The highest BCUT2D eigenvalue weighted by Gasteiger charge is 2.20. The third-order valence-electron chi connectivity index (χ3n) is 1.59. The molecule has 0 aliphatic heterocycles. The van der Waals surface area contributed by atoms with Crippen molar-refractivity contribution in [1.29, 1.82) is 0 Å². The minimum Gasteiger partial charge on any atom is -0.424 e. The molecule has 0 saturated heterocycles. The second-order valence-electron chi connectivity index (χ2n) is 2.60. The number of thioether (sulfide) groups is 1. The Hall–Kier alpha value is -0.0600. The first kappa shape index (κ1) is 5.93. The van der Waals surface area contributed by atoms with Crippen LogP contribution in [0.1, 0.15) is 27.4 Å². The Morgan fingerprint density at radius 2 is 1.88 bits per heavy atom. The zero-order valence-electron chi connectivity index (χ0n) is 18.8. The maximum atomic E-state index is 7.54. The maximum absolute atomic E-state index is 7.54. The molecule has 3 nitrogen and oxygen atoms in total. The van der Waals surface area contributed by atoms with Gasteiger partial charge in [0.05, 0.1) is 18.6 Å². The standard InChI is InChI=1S/C11H17O3PS2/c1-4-12-15(16,13-5-2)14-10-6-8-11(17-3)9-7-10/h6-9H,4-5H2,1-3H3/i1D3,2D3,4D2,5D2. The van der Waals surface area contributed by atoms with Crippen LogP contribution in [0, 0.1) is 0 Å². The van der Waals surface area contributed by atoms with Crippen molar-refractivity contribution in [2.24, 2.45) is 0 Å². The predicted octanol–water partition coefficient (Wildman–Crippen LogP) is 4.08. The number of benzene rings is 1. The van der Waals surface area contributed by atoms with Gasteiger partial charge < -0.3 is 4.52 Å². The van der Waals surface area contributed by atoms with Crippen LogP contribution < -0.4 is 4.52 Å². The predicted molar refractivity (Wildman–Crippen MR) is 76.4 cm³/mol. The first-order valence-corrected chi connectivity index (χ1v) is 8.06. The van der Waals surface area contributed by atoms with E-state index in [-0.39, 0.29) is 5.75 Å². The van der Waals surface area contributed by atoms with Gasteiger partial charge in [0.25, 0.3) is 0 Å². The molecule has 0 aromatic heterocycles. The van der Waals surface area contributed by atoms with Gasteiger partial charge in [-0.25, -0.2) is 0 Å². The van der Waals surface area contributed by atoms with Gasteiger partial charge in [-0.3, -0.25) is 9.05 Å². The van der Waals surface area contributed by atoms with Crippen LogP contribution >= 0.6 is 18.5 Å². The molecule has 6 heteroatoms. The molecular weight excluding hydrogens is 275 g/mol. The quantitative estimate of drug-likeness (QED) is 0.559. The van der Waals surface area contributed by atoms with Crippen molar-refractivity contribution in [3.05, 3.63) is 24.3 Å². The van der Waals surface area contributed by atoms with Gasteiger partial charge in [0.1, 0.15) is 5.75 Å². The third-order valence-corrected chi connectivity index (χ3v) is 4.07. The Kier molecular flexibility index (Phi) is 2.58. The molecule has 0 unspecified atom stereocenters. The monoisotopic (exact) mass is 302 g/mol. The second-order valence-corrected chi connectivity index (χ2v) is 6.26. The van der Waals surface area contributed by atoms with E-state index in [1.54, 1.807) is 12.1 Å². The second kappa shape index (κ2) is 7.39. The lowest BCUT2D eigenvalue weighted by Crippen LogP contribution is -2.01. The molecule has 0 saturated carbocycles. The fourth-order valence-corrected chi connectivity index (χ4v) is 2.54. The molecule has 0 radical (unpaired) electrons. The summed E-state index contributed by atoms with van der Waals surface area (Å²) in [5.41, 5.74) is 0. The first-order chi connectivity index (χ1) is 11.9. The highest BCUT2D eigenvalue weighted by molar-refractivity contribution is 8.07. The van der Waals surface area contributed by atoms with Crippen LogP contribution in [0.2, 0.25) is 0 Å². The molecule has 0 N–H and O–H groups in total. The molecular formula is C11H17O3PS2. The summed E-state index contributed by atoms with van der Waals surface area (Å²) in [4.78, 5) is 0.841. The third kappa shape index (κ3) is 4.98. The van der Waals surface area contributed by atoms with Gasteiger partial charge in [0.15, 0.2) is 0 Å². The van der Waals surface area contributed by atoms with E-state index < -0.39 is 33.5 Å². The van der Waals surface area contributed by atoms with Crippen molar-refractivity contribution < 1.29 is 27.3 Å². The van der Waals surface area contributed by atoms with E-state index in [1.165, 1.54) is 23.9 Å². The minimum absolute atomic E-state index is 0.0289. The van der Waals surface area contributed by atoms with Gasteiger partial charge >= 0.3 is 6.72 Å². The summed E-state index contributed by atoms with van der Waals surface area (Å²) in [7, 11) is 0.